The molecule has 0 aliphatic rings. The van der Waals surface area contributed by atoms with E-state index in [4.69, 9.17) is 26.1 Å². The molecule has 0 aliphatic heterocycles. The second kappa shape index (κ2) is 9.03. The number of nitrogens with one attached hydrogen (secondary N) is 1. The molecule has 0 spiro atoms. The number of pyridine rings is 1. The van der Waals surface area contributed by atoms with Crippen LogP contribution in [0.3, 0.4) is 0 Å². The average molecular weight is 485 g/mol. The van der Waals surface area contributed by atoms with Gasteiger partial charge in [-0.25, -0.2) is 9.67 Å². The Bertz CT molecular complexity index is 1360. The predicted molar refractivity (Wildman–Crippen MR) is 133 cm³/mol. The molecule has 1 aromatic carbocycles. The molecule has 1 amide bonds. The van der Waals surface area contributed by atoms with Crippen LogP contribution >= 0.6 is 22.9 Å². The molecule has 4 rings (SSSR count). The zero-order valence-electron chi connectivity index (χ0n) is 19.3. The fourth-order valence-corrected chi connectivity index (χ4v) is 4.93. The van der Waals surface area contributed by atoms with E-state index in [0.717, 1.165) is 16.1 Å². The third-order valence-electron chi connectivity index (χ3n) is 5.34. The highest BCUT2D eigenvalue weighted by atomic mass is 35.5. The Balaban J connectivity index is 1.85. The van der Waals surface area contributed by atoms with E-state index in [-0.39, 0.29) is 11.9 Å². The summed E-state index contributed by atoms with van der Waals surface area (Å²) in [5, 5.41) is 8.47. The van der Waals surface area contributed by atoms with Crippen LogP contribution in [-0.2, 0) is 0 Å². The molecule has 0 saturated heterocycles. The van der Waals surface area contributed by atoms with Gasteiger partial charge in [0.25, 0.3) is 5.91 Å². The van der Waals surface area contributed by atoms with Gasteiger partial charge in [-0.3, -0.25) is 4.79 Å². The summed E-state index contributed by atoms with van der Waals surface area (Å²) in [6.45, 7) is 8.18. The largest absolute Gasteiger partial charge is 0.495 e. The number of halogens is 1. The van der Waals surface area contributed by atoms with E-state index in [1.807, 2.05) is 24.6 Å². The van der Waals surface area contributed by atoms with Gasteiger partial charge >= 0.3 is 0 Å². The highest BCUT2D eigenvalue weighted by Crippen LogP contribution is 2.37. The molecular weight excluding hydrogens is 460 g/mol. The van der Waals surface area contributed by atoms with Gasteiger partial charge in [0, 0.05) is 27.4 Å². The third kappa shape index (κ3) is 4.28. The number of amides is 1. The SMILES string of the molecule is COc1cc(OC)c(NC(=O)c2cc(-c3cc(C)sc3C)nc3c2cnn3C(C)C)cc1Cl. The van der Waals surface area contributed by atoms with Crippen molar-refractivity contribution in [3.05, 3.63) is 50.8 Å². The number of carbonyl (C=O) groups excluding carboxylic acids is 1. The summed E-state index contributed by atoms with van der Waals surface area (Å²) in [5.41, 5.74) is 3.32. The Kier molecular flexibility index (Phi) is 6.32. The maximum atomic E-state index is 13.5. The molecular formula is C24H25ClN4O3S. The van der Waals surface area contributed by atoms with Crippen molar-refractivity contribution in [1.29, 1.82) is 0 Å². The van der Waals surface area contributed by atoms with Crippen LogP contribution in [-0.4, -0.2) is 34.9 Å². The first-order valence-corrected chi connectivity index (χ1v) is 11.6. The normalized spacial score (nSPS) is 11.3. The summed E-state index contributed by atoms with van der Waals surface area (Å²) in [4.78, 5) is 20.7. The number of rotatable bonds is 6. The van der Waals surface area contributed by atoms with Crippen molar-refractivity contribution in [3.63, 3.8) is 0 Å². The standard InChI is InChI=1S/C24H25ClN4O3S/c1-12(2)29-23-17(11-26-29)16(8-19(27-23)15-7-13(3)33-14(15)4)24(30)28-20-9-18(25)21(31-5)10-22(20)32-6/h7-12H,1-6H3,(H,28,30). The number of fused-ring (bicyclic) bond motifs is 1. The molecule has 0 aliphatic carbocycles. The van der Waals surface area contributed by atoms with Crippen molar-refractivity contribution in [1.82, 2.24) is 14.8 Å². The molecule has 172 valence electrons. The fraction of sp³-hybridized carbons (Fsp3) is 0.292. The van der Waals surface area contributed by atoms with Crippen LogP contribution in [0, 0.1) is 13.8 Å². The second-order valence-electron chi connectivity index (χ2n) is 7.94. The minimum Gasteiger partial charge on any atom is -0.495 e. The second-order valence-corrected chi connectivity index (χ2v) is 9.81. The Labute approximate surface area is 201 Å². The first-order valence-electron chi connectivity index (χ1n) is 10.4. The smallest absolute Gasteiger partial charge is 0.256 e. The lowest BCUT2D eigenvalue weighted by Gasteiger charge is -2.14. The Morgan fingerprint density at radius 3 is 2.45 bits per heavy atom. The van der Waals surface area contributed by atoms with Crippen LogP contribution in [0.2, 0.25) is 5.02 Å². The van der Waals surface area contributed by atoms with E-state index in [1.165, 1.54) is 19.1 Å². The number of hydrogen-bond acceptors (Lipinski definition) is 6. The van der Waals surface area contributed by atoms with Crippen LogP contribution in [0.25, 0.3) is 22.3 Å². The first-order chi connectivity index (χ1) is 15.7. The number of thiophene rings is 1. The van der Waals surface area contributed by atoms with Gasteiger partial charge in [-0.05, 0) is 45.9 Å². The number of anilines is 1. The lowest BCUT2D eigenvalue weighted by molar-refractivity contribution is 0.102. The number of carbonyl (C=O) groups is 1. The molecule has 0 atom stereocenters. The fourth-order valence-electron chi connectivity index (χ4n) is 3.75. The van der Waals surface area contributed by atoms with E-state index in [9.17, 15) is 4.79 Å². The quantitative estimate of drug-likeness (QED) is 0.348. The number of methoxy groups -OCH3 is 2. The highest BCUT2D eigenvalue weighted by Gasteiger charge is 2.21. The van der Waals surface area contributed by atoms with Crippen molar-refractivity contribution in [2.45, 2.75) is 33.7 Å². The van der Waals surface area contributed by atoms with E-state index < -0.39 is 0 Å². The summed E-state index contributed by atoms with van der Waals surface area (Å²) in [5.74, 6) is 0.593. The van der Waals surface area contributed by atoms with Crippen molar-refractivity contribution in [2.75, 3.05) is 19.5 Å². The van der Waals surface area contributed by atoms with Gasteiger partial charge in [0.05, 0.1) is 47.8 Å². The third-order valence-corrected chi connectivity index (χ3v) is 6.60. The lowest BCUT2D eigenvalue weighted by Crippen LogP contribution is -2.14. The van der Waals surface area contributed by atoms with E-state index in [0.29, 0.717) is 38.8 Å². The van der Waals surface area contributed by atoms with Crippen molar-refractivity contribution in [2.24, 2.45) is 0 Å². The lowest BCUT2D eigenvalue weighted by atomic mass is 10.1. The molecule has 1 N–H and O–H groups in total. The molecule has 3 aromatic heterocycles. The molecule has 9 heteroatoms. The summed E-state index contributed by atoms with van der Waals surface area (Å²) in [6, 6.07) is 7.25. The summed E-state index contributed by atoms with van der Waals surface area (Å²) in [7, 11) is 3.05. The monoisotopic (exact) mass is 484 g/mol. The van der Waals surface area contributed by atoms with Gasteiger partial charge in [-0.1, -0.05) is 11.6 Å². The zero-order valence-corrected chi connectivity index (χ0v) is 20.9. The predicted octanol–water partition coefficient (Wildman–Crippen LogP) is 6.28. The Morgan fingerprint density at radius 1 is 1.12 bits per heavy atom. The number of ether oxygens (including phenoxy) is 2. The molecule has 4 aromatic rings. The van der Waals surface area contributed by atoms with Crippen LogP contribution in [0.1, 0.15) is 40.0 Å². The van der Waals surface area contributed by atoms with Crippen LogP contribution in [0.4, 0.5) is 5.69 Å². The van der Waals surface area contributed by atoms with E-state index >= 15 is 0 Å². The maximum Gasteiger partial charge on any atom is 0.256 e. The topological polar surface area (TPSA) is 78.3 Å². The van der Waals surface area contributed by atoms with Gasteiger partial charge < -0.3 is 14.8 Å². The minimum absolute atomic E-state index is 0.0898. The number of aromatic nitrogens is 3. The van der Waals surface area contributed by atoms with Gasteiger partial charge in [0.15, 0.2) is 5.65 Å². The first kappa shape index (κ1) is 23.1. The van der Waals surface area contributed by atoms with Crippen LogP contribution < -0.4 is 14.8 Å². The van der Waals surface area contributed by atoms with Crippen molar-refractivity contribution in [3.8, 4) is 22.8 Å². The molecule has 0 saturated carbocycles. The summed E-state index contributed by atoms with van der Waals surface area (Å²) in [6.07, 6.45) is 1.69. The van der Waals surface area contributed by atoms with Gasteiger partial charge in [-0.15, -0.1) is 11.3 Å². The van der Waals surface area contributed by atoms with Gasteiger partial charge in [0.2, 0.25) is 0 Å². The van der Waals surface area contributed by atoms with E-state index in [2.05, 4.69) is 30.3 Å². The van der Waals surface area contributed by atoms with Crippen molar-refractivity contribution >= 4 is 45.6 Å². The number of nitrogens with zero attached hydrogens (tertiary/aromatic N) is 3. The zero-order chi connectivity index (χ0) is 23.9. The molecule has 3 heterocycles. The molecule has 7 nitrogen and oxygen atoms in total. The number of hydrogen-bond donors (Lipinski definition) is 1. The van der Waals surface area contributed by atoms with Gasteiger partial charge in [0.1, 0.15) is 11.5 Å². The highest BCUT2D eigenvalue weighted by molar-refractivity contribution is 7.12. The average Bonchev–Trinajstić information content (AvgIpc) is 3.35. The summed E-state index contributed by atoms with van der Waals surface area (Å²) < 4.78 is 12.5. The van der Waals surface area contributed by atoms with Crippen LogP contribution in [0.15, 0.2) is 30.5 Å². The number of benzene rings is 1. The number of aryl methyl sites for hydroxylation is 2. The molecule has 0 bridgehead atoms. The molecule has 0 unspecified atom stereocenters. The molecule has 0 fully saturated rings. The Morgan fingerprint density at radius 2 is 1.85 bits per heavy atom. The van der Waals surface area contributed by atoms with Gasteiger partial charge in [-0.2, -0.15) is 5.10 Å². The molecule has 0 radical (unpaired) electrons. The summed E-state index contributed by atoms with van der Waals surface area (Å²) >= 11 is 7.99. The maximum absolute atomic E-state index is 13.5. The van der Waals surface area contributed by atoms with E-state index in [1.54, 1.807) is 29.7 Å². The van der Waals surface area contributed by atoms with Crippen molar-refractivity contribution < 1.29 is 14.3 Å². The minimum atomic E-state index is -0.309. The molecule has 33 heavy (non-hydrogen) atoms. The van der Waals surface area contributed by atoms with Crippen LogP contribution in [0.5, 0.6) is 11.5 Å². The Hall–Kier alpha value is -3.10.